The lowest BCUT2D eigenvalue weighted by Crippen LogP contribution is -2.25. The topological polar surface area (TPSA) is 33.3 Å². The van der Waals surface area contributed by atoms with Gasteiger partial charge in [0.1, 0.15) is 5.75 Å². The fourth-order valence-corrected chi connectivity index (χ4v) is 2.03. The molecule has 96 valence electrons. The summed E-state index contributed by atoms with van der Waals surface area (Å²) in [6.45, 7) is 9.19. The van der Waals surface area contributed by atoms with Crippen molar-refractivity contribution in [2.75, 3.05) is 27.2 Å². The number of hydrogen-bond acceptors (Lipinski definition) is 3. The summed E-state index contributed by atoms with van der Waals surface area (Å²) in [5, 5.41) is 6.55. The van der Waals surface area contributed by atoms with Gasteiger partial charge in [-0.05, 0) is 44.5 Å². The van der Waals surface area contributed by atoms with Crippen molar-refractivity contribution in [2.45, 2.75) is 27.3 Å². The van der Waals surface area contributed by atoms with Crippen LogP contribution in [0.2, 0.25) is 0 Å². The maximum absolute atomic E-state index is 5.54. The van der Waals surface area contributed by atoms with Crippen LogP contribution >= 0.6 is 0 Å². The molecule has 1 aromatic rings. The largest absolute Gasteiger partial charge is 0.496 e. The molecule has 0 saturated heterocycles. The Bertz CT molecular complexity index is 375. The van der Waals surface area contributed by atoms with Gasteiger partial charge in [0.25, 0.3) is 0 Å². The van der Waals surface area contributed by atoms with Crippen LogP contribution in [0.3, 0.4) is 0 Å². The van der Waals surface area contributed by atoms with E-state index in [1.165, 1.54) is 22.3 Å². The molecule has 2 N–H and O–H groups in total. The van der Waals surface area contributed by atoms with E-state index in [0.717, 1.165) is 25.4 Å². The molecule has 0 aliphatic heterocycles. The molecule has 0 spiro atoms. The zero-order valence-electron chi connectivity index (χ0n) is 11.6. The molecule has 0 atom stereocenters. The van der Waals surface area contributed by atoms with Crippen molar-refractivity contribution in [1.29, 1.82) is 0 Å². The van der Waals surface area contributed by atoms with Crippen LogP contribution in [-0.4, -0.2) is 27.2 Å². The number of nitrogens with one attached hydrogen (secondary N) is 2. The zero-order valence-corrected chi connectivity index (χ0v) is 11.6. The molecule has 3 nitrogen and oxygen atoms in total. The second-order valence-corrected chi connectivity index (χ2v) is 4.43. The third-order valence-corrected chi connectivity index (χ3v) is 3.17. The van der Waals surface area contributed by atoms with Crippen LogP contribution in [0.15, 0.2) is 6.07 Å². The van der Waals surface area contributed by atoms with Crippen molar-refractivity contribution in [3.8, 4) is 5.75 Å². The minimum absolute atomic E-state index is 0.859. The Morgan fingerprint density at radius 2 is 1.82 bits per heavy atom. The van der Waals surface area contributed by atoms with Gasteiger partial charge in [-0.2, -0.15) is 0 Å². The van der Waals surface area contributed by atoms with E-state index in [0.29, 0.717) is 0 Å². The Kier molecular flexibility index (Phi) is 5.45. The van der Waals surface area contributed by atoms with E-state index in [9.17, 15) is 0 Å². The summed E-state index contributed by atoms with van der Waals surface area (Å²) in [5.41, 5.74) is 5.09. The first-order valence-corrected chi connectivity index (χ1v) is 6.10. The van der Waals surface area contributed by atoms with E-state index in [1.54, 1.807) is 7.11 Å². The summed E-state index contributed by atoms with van der Waals surface area (Å²) in [6.07, 6.45) is 0. The van der Waals surface area contributed by atoms with Gasteiger partial charge in [-0.25, -0.2) is 0 Å². The first-order chi connectivity index (χ1) is 8.11. The molecule has 0 fully saturated rings. The number of ether oxygens (including phenoxy) is 1. The molecule has 0 aliphatic rings. The summed E-state index contributed by atoms with van der Waals surface area (Å²) < 4.78 is 5.54. The highest BCUT2D eigenvalue weighted by Crippen LogP contribution is 2.29. The normalized spacial score (nSPS) is 10.6. The Hall–Kier alpha value is -1.06. The van der Waals surface area contributed by atoms with E-state index in [-0.39, 0.29) is 0 Å². The van der Waals surface area contributed by atoms with Gasteiger partial charge in [0.15, 0.2) is 0 Å². The molecule has 0 aliphatic carbocycles. The summed E-state index contributed by atoms with van der Waals surface area (Å²) >= 11 is 0. The summed E-state index contributed by atoms with van der Waals surface area (Å²) in [7, 11) is 3.71. The molecule has 1 aromatic carbocycles. The first-order valence-electron chi connectivity index (χ1n) is 6.10. The third kappa shape index (κ3) is 3.45. The minimum Gasteiger partial charge on any atom is -0.496 e. The molecule has 3 heteroatoms. The predicted octanol–water partition coefficient (Wildman–Crippen LogP) is 1.93. The van der Waals surface area contributed by atoms with Gasteiger partial charge in [-0.15, -0.1) is 0 Å². The van der Waals surface area contributed by atoms with Gasteiger partial charge in [0, 0.05) is 25.2 Å². The Balaban J connectivity index is 2.86. The molecule has 0 amide bonds. The lowest BCUT2D eigenvalue weighted by atomic mass is 9.99. The summed E-state index contributed by atoms with van der Waals surface area (Å²) in [6, 6.07) is 2.23. The molecular formula is C14H24N2O. The van der Waals surface area contributed by atoms with E-state index in [4.69, 9.17) is 4.74 Å². The SMILES string of the molecule is CNCCNCc1c(C)cc(C)c(C)c1OC. The number of hydrogen-bond donors (Lipinski definition) is 2. The second kappa shape index (κ2) is 6.62. The fourth-order valence-electron chi connectivity index (χ4n) is 2.03. The minimum atomic E-state index is 0.859. The lowest BCUT2D eigenvalue weighted by molar-refractivity contribution is 0.403. The number of methoxy groups -OCH3 is 1. The van der Waals surface area contributed by atoms with Gasteiger partial charge in [0.2, 0.25) is 0 Å². The van der Waals surface area contributed by atoms with Gasteiger partial charge in [0.05, 0.1) is 7.11 Å². The van der Waals surface area contributed by atoms with Gasteiger partial charge in [-0.3, -0.25) is 0 Å². The average Bonchev–Trinajstić information content (AvgIpc) is 2.31. The van der Waals surface area contributed by atoms with Crippen LogP contribution < -0.4 is 15.4 Å². The van der Waals surface area contributed by atoms with Crippen LogP contribution in [0.25, 0.3) is 0 Å². The van der Waals surface area contributed by atoms with Gasteiger partial charge < -0.3 is 15.4 Å². The van der Waals surface area contributed by atoms with Crippen molar-refractivity contribution >= 4 is 0 Å². The first kappa shape index (κ1) is 14.0. The van der Waals surface area contributed by atoms with Crippen molar-refractivity contribution in [1.82, 2.24) is 10.6 Å². The number of rotatable bonds is 6. The molecule has 17 heavy (non-hydrogen) atoms. The van der Waals surface area contributed by atoms with Crippen molar-refractivity contribution in [3.63, 3.8) is 0 Å². The predicted molar refractivity (Wildman–Crippen MR) is 72.8 cm³/mol. The monoisotopic (exact) mass is 236 g/mol. The molecule has 1 rings (SSSR count). The van der Waals surface area contributed by atoms with E-state index in [2.05, 4.69) is 37.5 Å². The zero-order chi connectivity index (χ0) is 12.8. The molecule has 0 bridgehead atoms. The molecule has 0 aromatic heterocycles. The highest BCUT2D eigenvalue weighted by Gasteiger charge is 2.11. The highest BCUT2D eigenvalue weighted by molar-refractivity contribution is 5.49. The van der Waals surface area contributed by atoms with Gasteiger partial charge >= 0.3 is 0 Å². The number of benzene rings is 1. The average molecular weight is 236 g/mol. The maximum Gasteiger partial charge on any atom is 0.126 e. The molecular weight excluding hydrogens is 212 g/mol. The molecule has 0 saturated carbocycles. The molecule has 0 heterocycles. The van der Waals surface area contributed by atoms with E-state index < -0.39 is 0 Å². The lowest BCUT2D eigenvalue weighted by Gasteiger charge is -2.17. The van der Waals surface area contributed by atoms with Crippen LogP contribution in [-0.2, 0) is 6.54 Å². The quantitative estimate of drug-likeness (QED) is 0.740. The van der Waals surface area contributed by atoms with E-state index >= 15 is 0 Å². The number of likely N-dealkylation sites (N-methyl/N-ethyl adjacent to an activating group) is 1. The Labute approximate surface area is 105 Å². The second-order valence-electron chi connectivity index (χ2n) is 4.43. The standard InChI is InChI=1S/C14H24N2O/c1-10-8-11(2)13(9-16-7-6-15-4)14(17-5)12(10)3/h8,15-16H,6-7,9H2,1-5H3. The van der Waals surface area contributed by atoms with Crippen LogP contribution in [0.1, 0.15) is 22.3 Å². The third-order valence-electron chi connectivity index (χ3n) is 3.17. The Morgan fingerprint density at radius 3 is 2.41 bits per heavy atom. The van der Waals surface area contributed by atoms with Crippen LogP contribution in [0.5, 0.6) is 5.75 Å². The highest BCUT2D eigenvalue weighted by atomic mass is 16.5. The van der Waals surface area contributed by atoms with Crippen LogP contribution in [0, 0.1) is 20.8 Å². The Morgan fingerprint density at radius 1 is 1.12 bits per heavy atom. The van der Waals surface area contributed by atoms with Crippen molar-refractivity contribution in [3.05, 3.63) is 28.3 Å². The molecule has 0 radical (unpaired) electrons. The van der Waals surface area contributed by atoms with Crippen LogP contribution in [0.4, 0.5) is 0 Å². The summed E-state index contributed by atoms with van der Waals surface area (Å²) in [5.74, 6) is 1.03. The van der Waals surface area contributed by atoms with Crippen molar-refractivity contribution in [2.24, 2.45) is 0 Å². The van der Waals surface area contributed by atoms with Crippen molar-refractivity contribution < 1.29 is 4.74 Å². The summed E-state index contributed by atoms with van der Waals surface area (Å²) in [4.78, 5) is 0. The smallest absolute Gasteiger partial charge is 0.126 e. The molecule has 0 unspecified atom stereocenters. The van der Waals surface area contributed by atoms with E-state index in [1.807, 2.05) is 7.05 Å². The number of aryl methyl sites for hydroxylation is 2. The maximum atomic E-state index is 5.54. The fraction of sp³-hybridized carbons (Fsp3) is 0.571. The van der Waals surface area contributed by atoms with Gasteiger partial charge in [-0.1, -0.05) is 6.07 Å².